The number of phenols is 1. The SMILES string of the molecule is COC(=O)Nc1ccc(CN)cc1O. The first-order valence-electron chi connectivity index (χ1n) is 4.04. The molecule has 0 bridgehead atoms. The molecule has 0 atom stereocenters. The summed E-state index contributed by atoms with van der Waals surface area (Å²) in [4.78, 5) is 10.8. The Morgan fingerprint density at radius 1 is 1.64 bits per heavy atom. The Labute approximate surface area is 81.5 Å². The van der Waals surface area contributed by atoms with Crippen LogP contribution in [0, 0.1) is 0 Å². The molecule has 0 aliphatic rings. The summed E-state index contributed by atoms with van der Waals surface area (Å²) in [6.07, 6.45) is -0.624. The van der Waals surface area contributed by atoms with Crippen molar-refractivity contribution < 1.29 is 14.6 Å². The van der Waals surface area contributed by atoms with Gasteiger partial charge in [-0.05, 0) is 17.7 Å². The Morgan fingerprint density at radius 2 is 2.36 bits per heavy atom. The number of amides is 1. The quantitative estimate of drug-likeness (QED) is 0.617. The van der Waals surface area contributed by atoms with Crippen LogP contribution in [-0.4, -0.2) is 18.3 Å². The van der Waals surface area contributed by atoms with Crippen LogP contribution in [0.3, 0.4) is 0 Å². The summed E-state index contributed by atoms with van der Waals surface area (Å²) < 4.78 is 4.38. The molecular formula is C9H12N2O3. The second-order valence-corrected chi connectivity index (χ2v) is 2.67. The number of nitrogens with two attached hydrogens (primary N) is 1. The van der Waals surface area contributed by atoms with Crippen LogP contribution in [0.5, 0.6) is 5.75 Å². The van der Waals surface area contributed by atoms with Crippen molar-refractivity contribution in [2.45, 2.75) is 6.54 Å². The summed E-state index contributed by atoms with van der Waals surface area (Å²) in [6.45, 7) is 0.339. The zero-order chi connectivity index (χ0) is 10.6. The molecule has 0 unspecified atom stereocenters. The van der Waals surface area contributed by atoms with E-state index in [1.807, 2.05) is 0 Å². The van der Waals surface area contributed by atoms with E-state index in [0.29, 0.717) is 12.2 Å². The molecule has 1 aromatic rings. The molecule has 0 heterocycles. The fourth-order valence-corrected chi connectivity index (χ4v) is 0.971. The molecule has 4 N–H and O–H groups in total. The summed E-state index contributed by atoms with van der Waals surface area (Å²) >= 11 is 0. The summed E-state index contributed by atoms with van der Waals surface area (Å²) in [5, 5.41) is 11.8. The van der Waals surface area contributed by atoms with Crippen LogP contribution in [0.1, 0.15) is 5.56 Å². The number of benzene rings is 1. The second kappa shape index (κ2) is 4.48. The number of hydrogen-bond donors (Lipinski definition) is 3. The molecule has 0 spiro atoms. The maximum absolute atomic E-state index is 10.8. The Morgan fingerprint density at radius 3 is 2.86 bits per heavy atom. The summed E-state index contributed by atoms with van der Waals surface area (Å²) in [6, 6.07) is 4.77. The predicted molar refractivity (Wildman–Crippen MR) is 52.0 cm³/mol. The number of nitrogens with one attached hydrogen (secondary N) is 1. The number of anilines is 1. The van der Waals surface area contributed by atoms with E-state index in [9.17, 15) is 9.90 Å². The van der Waals surface area contributed by atoms with E-state index in [4.69, 9.17) is 5.73 Å². The molecular weight excluding hydrogens is 184 g/mol. The Hall–Kier alpha value is -1.75. The third-order valence-corrected chi connectivity index (χ3v) is 1.72. The molecule has 0 aliphatic heterocycles. The molecule has 0 fully saturated rings. The van der Waals surface area contributed by atoms with Crippen LogP contribution in [0.15, 0.2) is 18.2 Å². The topological polar surface area (TPSA) is 84.6 Å². The summed E-state index contributed by atoms with van der Waals surface area (Å²) in [5.74, 6) is -0.0293. The Kier molecular flexibility index (Phi) is 3.30. The molecule has 1 amide bonds. The molecule has 0 aliphatic carbocycles. The Bertz CT molecular complexity index is 339. The lowest BCUT2D eigenvalue weighted by atomic mass is 10.2. The van der Waals surface area contributed by atoms with Crippen molar-refractivity contribution in [3.63, 3.8) is 0 Å². The van der Waals surface area contributed by atoms with E-state index < -0.39 is 6.09 Å². The number of carbonyl (C=O) groups excluding carboxylic acids is 1. The van der Waals surface area contributed by atoms with Gasteiger partial charge in [-0.1, -0.05) is 6.07 Å². The molecule has 0 aromatic heterocycles. The molecule has 76 valence electrons. The van der Waals surface area contributed by atoms with Crippen molar-refractivity contribution >= 4 is 11.8 Å². The number of ether oxygens (including phenoxy) is 1. The smallest absolute Gasteiger partial charge is 0.411 e. The minimum absolute atomic E-state index is 0.0293. The lowest BCUT2D eigenvalue weighted by Gasteiger charge is -2.06. The molecule has 1 rings (SSSR count). The van der Waals surface area contributed by atoms with Crippen molar-refractivity contribution in [1.29, 1.82) is 0 Å². The first-order chi connectivity index (χ1) is 6.67. The van der Waals surface area contributed by atoms with E-state index in [0.717, 1.165) is 5.56 Å². The Balaban J connectivity index is 2.83. The monoisotopic (exact) mass is 196 g/mol. The maximum Gasteiger partial charge on any atom is 0.411 e. The van der Waals surface area contributed by atoms with Gasteiger partial charge >= 0.3 is 6.09 Å². The van der Waals surface area contributed by atoms with Crippen molar-refractivity contribution in [3.8, 4) is 5.75 Å². The molecule has 14 heavy (non-hydrogen) atoms. The van der Waals surface area contributed by atoms with E-state index in [1.165, 1.54) is 13.2 Å². The number of carbonyl (C=O) groups is 1. The van der Waals surface area contributed by atoms with Gasteiger partial charge in [0.2, 0.25) is 0 Å². The lowest BCUT2D eigenvalue weighted by molar-refractivity contribution is 0.187. The molecule has 5 heteroatoms. The van der Waals surface area contributed by atoms with Crippen LogP contribution in [-0.2, 0) is 11.3 Å². The van der Waals surface area contributed by atoms with E-state index in [2.05, 4.69) is 10.1 Å². The third-order valence-electron chi connectivity index (χ3n) is 1.72. The highest BCUT2D eigenvalue weighted by atomic mass is 16.5. The van der Waals surface area contributed by atoms with Gasteiger partial charge in [0, 0.05) is 6.54 Å². The van der Waals surface area contributed by atoms with Crippen LogP contribution in [0.2, 0.25) is 0 Å². The molecule has 1 aromatic carbocycles. The van der Waals surface area contributed by atoms with Gasteiger partial charge in [-0.25, -0.2) is 4.79 Å². The van der Waals surface area contributed by atoms with Crippen LogP contribution in [0.25, 0.3) is 0 Å². The normalized spacial score (nSPS) is 9.57. The van der Waals surface area contributed by atoms with Crippen LogP contribution in [0.4, 0.5) is 10.5 Å². The fraction of sp³-hybridized carbons (Fsp3) is 0.222. The average molecular weight is 196 g/mol. The predicted octanol–water partition coefficient (Wildman–Crippen LogP) is 1.03. The zero-order valence-corrected chi connectivity index (χ0v) is 7.78. The number of hydrogen-bond acceptors (Lipinski definition) is 4. The van der Waals surface area contributed by atoms with Gasteiger partial charge < -0.3 is 15.6 Å². The summed E-state index contributed by atoms with van der Waals surface area (Å²) in [5.41, 5.74) is 6.46. The first-order valence-corrected chi connectivity index (χ1v) is 4.04. The van der Waals surface area contributed by atoms with Gasteiger partial charge in [0.05, 0.1) is 12.8 Å². The number of rotatable bonds is 2. The summed E-state index contributed by atoms with van der Waals surface area (Å²) in [7, 11) is 1.25. The van der Waals surface area contributed by atoms with Crippen LogP contribution < -0.4 is 11.1 Å². The van der Waals surface area contributed by atoms with E-state index in [1.54, 1.807) is 12.1 Å². The highest BCUT2D eigenvalue weighted by Crippen LogP contribution is 2.23. The first kappa shape index (κ1) is 10.3. The van der Waals surface area contributed by atoms with E-state index in [-0.39, 0.29) is 5.75 Å². The minimum atomic E-state index is -0.624. The zero-order valence-electron chi connectivity index (χ0n) is 7.78. The average Bonchev–Trinajstić information content (AvgIpc) is 2.20. The second-order valence-electron chi connectivity index (χ2n) is 2.67. The van der Waals surface area contributed by atoms with Crippen molar-refractivity contribution in [1.82, 2.24) is 0 Å². The molecule has 0 saturated heterocycles. The van der Waals surface area contributed by atoms with Crippen LogP contribution >= 0.6 is 0 Å². The van der Waals surface area contributed by atoms with Gasteiger partial charge in [-0.15, -0.1) is 0 Å². The van der Waals surface area contributed by atoms with Gasteiger partial charge in [0.25, 0.3) is 0 Å². The number of phenolic OH excluding ortho intramolecular Hbond substituents is 1. The fourth-order valence-electron chi connectivity index (χ4n) is 0.971. The van der Waals surface area contributed by atoms with E-state index >= 15 is 0 Å². The number of methoxy groups -OCH3 is 1. The highest BCUT2D eigenvalue weighted by Gasteiger charge is 2.05. The van der Waals surface area contributed by atoms with Crippen molar-refractivity contribution in [3.05, 3.63) is 23.8 Å². The molecule has 0 radical (unpaired) electrons. The van der Waals surface area contributed by atoms with Crippen molar-refractivity contribution in [2.24, 2.45) is 5.73 Å². The minimum Gasteiger partial charge on any atom is -0.506 e. The standard InChI is InChI=1S/C9H12N2O3/c1-14-9(13)11-7-3-2-6(5-10)4-8(7)12/h2-4,12H,5,10H2,1H3,(H,11,13). The van der Waals surface area contributed by atoms with Gasteiger partial charge in [-0.2, -0.15) is 0 Å². The van der Waals surface area contributed by atoms with Crippen molar-refractivity contribution in [2.75, 3.05) is 12.4 Å². The maximum atomic E-state index is 10.8. The highest BCUT2D eigenvalue weighted by molar-refractivity contribution is 5.86. The number of aromatic hydroxyl groups is 1. The largest absolute Gasteiger partial charge is 0.506 e. The van der Waals surface area contributed by atoms with Gasteiger partial charge in [0.15, 0.2) is 0 Å². The third kappa shape index (κ3) is 2.37. The van der Waals surface area contributed by atoms with Gasteiger partial charge in [0.1, 0.15) is 5.75 Å². The lowest BCUT2D eigenvalue weighted by Crippen LogP contribution is -2.11. The molecule has 5 nitrogen and oxygen atoms in total. The van der Waals surface area contributed by atoms with Gasteiger partial charge in [-0.3, -0.25) is 5.32 Å². The molecule has 0 saturated carbocycles.